The molecule has 0 saturated heterocycles. The van der Waals surface area contributed by atoms with Crippen molar-refractivity contribution in [3.63, 3.8) is 0 Å². The van der Waals surface area contributed by atoms with Crippen LogP contribution >= 0.6 is 0 Å². The number of non-ortho nitro benzene ring substituents is 1. The van der Waals surface area contributed by atoms with Crippen molar-refractivity contribution in [1.29, 1.82) is 5.26 Å². The van der Waals surface area contributed by atoms with Gasteiger partial charge < -0.3 is 4.74 Å². The fraction of sp³-hybridized carbons (Fsp3) is 0.167. The molecule has 0 aliphatic carbocycles. The highest BCUT2D eigenvalue weighted by atomic mass is 16.6. The minimum Gasteiger partial charge on any atom is -0.462 e. The van der Waals surface area contributed by atoms with Crippen molar-refractivity contribution in [2.45, 2.75) is 6.92 Å². The molecule has 0 heterocycles. The van der Waals surface area contributed by atoms with Crippen LogP contribution in [-0.4, -0.2) is 27.3 Å². The number of carbonyl (C=O) groups excluding carboxylic acids is 1. The molecule has 124 valence electrons. The Morgan fingerprint density at radius 3 is 2.00 bits per heavy atom. The van der Waals surface area contributed by atoms with Gasteiger partial charge in [0.1, 0.15) is 17.2 Å². The highest BCUT2D eigenvalue weighted by Gasteiger charge is 2.30. The molecule has 0 unspecified atom stereocenters. The fourth-order valence-corrected chi connectivity index (χ4v) is 1.65. The number of carbonyl (C=O) groups is 1. The number of hydrogen-bond donors (Lipinski definition) is 0. The minimum atomic E-state index is -1.14. The molecule has 0 radical (unpaired) electrons. The number of rotatable bonds is 6. The standard InChI is InChI=1S/C12H8N4O8/c1-2-24-12(17)7(6-13)3-9-10(15(20)21)4-8(14(18)19)5-11(9)16(22)23/h3-5H,2H2,1H3/b7-3-. The van der Waals surface area contributed by atoms with Crippen LogP contribution in [0.1, 0.15) is 12.5 Å². The van der Waals surface area contributed by atoms with Crippen molar-refractivity contribution < 1.29 is 24.3 Å². The van der Waals surface area contributed by atoms with Gasteiger partial charge in [-0.05, 0) is 13.0 Å². The summed E-state index contributed by atoms with van der Waals surface area (Å²) < 4.78 is 4.55. The van der Waals surface area contributed by atoms with Crippen LogP contribution in [0.5, 0.6) is 0 Å². The fourth-order valence-electron chi connectivity index (χ4n) is 1.65. The molecule has 24 heavy (non-hydrogen) atoms. The summed E-state index contributed by atoms with van der Waals surface area (Å²) in [6.45, 7) is 1.35. The van der Waals surface area contributed by atoms with Crippen molar-refractivity contribution in [1.82, 2.24) is 0 Å². The molecule has 0 spiro atoms. The van der Waals surface area contributed by atoms with Crippen LogP contribution in [0.3, 0.4) is 0 Å². The maximum absolute atomic E-state index is 11.6. The van der Waals surface area contributed by atoms with Gasteiger partial charge in [-0.2, -0.15) is 5.26 Å². The van der Waals surface area contributed by atoms with Crippen molar-refractivity contribution in [3.05, 3.63) is 53.6 Å². The zero-order chi connectivity index (χ0) is 18.4. The molecular weight excluding hydrogens is 328 g/mol. The van der Waals surface area contributed by atoms with E-state index in [-0.39, 0.29) is 6.61 Å². The van der Waals surface area contributed by atoms with E-state index in [1.165, 1.54) is 13.0 Å². The van der Waals surface area contributed by atoms with Gasteiger partial charge in [0, 0.05) is 0 Å². The Morgan fingerprint density at radius 1 is 1.17 bits per heavy atom. The number of nitro groups is 3. The minimum absolute atomic E-state index is 0.0949. The molecule has 0 saturated carbocycles. The third-order valence-corrected chi connectivity index (χ3v) is 2.63. The van der Waals surface area contributed by atoms with Gasteiger partial charge in [-0.15, -0.1) is 0 Å². The van der Waals surface area contributed by atoms with Crippen molar-refractivity contribution in [2.75, 3.05) is 6.61 Å². The molecule has 12 heteroatoms. The number of benzene rings is 1. The Morgan fingerprint density at radius 2 is 1.67 bits per heavy atom. The molecule has 0 aliphatic heterocycles. The van der Waals surface area contributed by atoms with E-state index in [1.54, 1.807) is 0 Å². The lowest BCUT2D eigenvalue weighted by molar-refractivity contribution is -0.403. The van der Waals surface area contributed by atoms with E-state index >= 15 is 0 Å². The summed E-state index contributed by atoms with van der Waals surface area (Å²) in [5.41, 5.74) is -4.31. The first-order valence-corrected chi connectivity index (χ1v) is 6.13. The molecule has 1 aromatic rings. The van der Waals surface area contributed by atoms with Crippen LogP contribution in [0.15, 0.2) is 17.7 Å². The van der Waals surface area contributed by atoms with Crippen LogP contribution in [0.2, 0.25) is 0 Å². The van der Waals surface area contributed by atoms with E-state index in [0.29, 0.717) is 18.2 Å². The summed E-state index contributed by atoms with van der Waals surface area (Å²) in [7, 11) is 0. The predicted molar refractivity (Wildman–Crippen MR) is 76.6 cm³/mol. The van der Waals surface area contributed by atoms with E-state index in [4.69, 9.17) is 5.26 Å². The smallest absolute Gasteiger partial charge is 0.348 e. The van der Waals surface area contributed by atoms with Crippen molar-refractivity contribution in [3.8, 4) is 6.07 Å². The molecule has 1 rings (SSSR count). The van der Waals surface area contributed by atoms with Gasteiger partial charge >= 0.3 is 5.97 Å². The number of hydrogen-bond acceptors (Lipinski definition) is 9. The summed E-state index contributed by atoms with van der Waals surface area (Å²) in [6.07, 6.45) is 0.595. The SMILES string of the molecule is CCOC(=O)/C(C#N)=C\c1c([N+](=O)[O-])cc([N+](=O)[O-])cc1[N+](=O)[O-]. The molecule has 12 nitrogen and oxygen atoms in total. The number of esters is 1. The highest BCUT2D eigenvalue weighted by Crippen LogP contribution is 2.35. The molecule has 0 atom stereocenters. The lowest BCUT2D eigenvalue weighted by atomic mass is 10.1. The first-order valence-electron chi connectivity index (χ1n) is 6.13. The average Bonchev–Trinajstić information content (AvgIpc) is 2.51. The number of nitrogens with zero attached hydrogens (tertiary/aromatic N) is 4. The molecule has 0 bridgehead atoms. The second-order valence-electron chi connectivity index (χ2n) is 4.06. The third kappa shape index (κ3) is 3.85. The predicted octanol–water partition coefficient (Wildman–Crippen LogP) is 1.88. The van der Waals surface area contributed by atoms with Crippen LogP contribution in [0.4, 0.5) is 17.1 Å². The van der Waals surface area contributed by atoms with Gasteiger partial charge in [0.05, 0.1) is 33.5 Å². The Labute approximate surface area is 133 Å². The largest absolute Gasteiger partial charge is 0.462 e. The zero-order valence-corrected chi connectivity index (χ0v) is 12.0. The number of ether oxygens (including phenoxy) is 1. The second kappa shape index (κ2) is 7.40. The van der Waals surface area contributed by atoms with Crippen LogP contribution < -0.4 is 0 Å². The maximum Gasteiger partial charge on any atom is 0.348 e. The van der Waals surface area contributed by atoms with Crippen molar-refractivity contribution >= 4 is 29.1 Å². The summed E-state index contributed by atoms with van der Waals surface area (Å²) in [5.74, 6) is -1.14. The Balaban J connectivity index is 3.75. The van der Waals surface area contributed by atoms with E-state index in [1.807, 2.05) is 0 Å². The first-order chi connectivity index (χ1) is 11.2. The normalized spacial score (nSPS) is 10.6. The second-order valence-corrected chi connectivity index (χ2v) is 4.06. The third-order valence-electron chi connectivity index (χ3n) is 2.63. The van der Waals surface area contributed by atoms with Crippen molar-refractivity contribution in [2.24, 2.45) is 0 Å². The Bertz CT molecular complexity index is 773. The molecule has 0 N–H and O–H groups in total. The summed E-state index contributed by atoms with van der Waals surface area (Å²) >= 11 is 0. The van der Waals surface area contributed by atoms with E-state index in [9.17, 15) is 35.1 Å². The Kier molecular flexibility index (Phi) is 5.60. The lowest BCUT2D eigenvalue weighted by Crippen LogP contribution is -2.07. The average molecular weight is 336 g/mol. The van der Waals surface area contributed by atoms with E-state index in [2.05, 4.69) is 4.74 Å². The van der Waals surface area contributed by atoms with Gasteiger partial charge in [0.15, 0.2) is 0 Å². The monoisotopic (exact) mass is 336 g/mol. The van der Waals surface area contributed by atoms with Gasteiger partial charge in [0.25, 0.3) is 17.1 Å². The number of nitro benzene ring substituents is 3. The number of nitriles is 1. The molecule has 1 aromatic carbocycles. The summed E-state index contributed by atoms with van der Waals surface area (Å²) in [4.78, 5) is 41.2. The van der Waals surface area contributed by atoms with Crippen LogP contribution in [0, 0.1) is 41.7 Å². The highest BCUT2D eigenvalue weighted by molar-refractivity contribution is 5.99. The topological polar surface area (TPSA) is 180 Å². The van der Waals surface area contributed by atoms with E-state index < -0.39 is 48.9 Å². The molecule has 0 fully saturated rings. The molecule has 0 amide bonds. The molecule has 0 aliphatic rings. The van der Waals surface area contributed by atoms with Gasteiger partial charge in [-0.1, -0.05) is 0 Å². The van der Waals surface area contributed by atoms with Crippen LogP contribution in [0.25, 0.3) is 6.08 Å². The summed E-state index contributed by atoms with van der Waals surface area (Å²) in [6, 6.07) is 2.41. The van der Waals surface area contributed by atoms with Crippen LogP contribution in [-0.2, 0) is 9.53 Å². The van der Waals surface area contributed by atoms with Gasteiger partial charge in [0.2, 0.25) is 0 Å². The molecule has 0 aromatic heterocycles. The quantitative estimate of drug-likeness (QED) is 0.246. The lowest BCUT2D eigenvalue weighted by Gasteiger charge is -2.02. The Hall–Kier alpha value is -3.88. The molecular formula is C12H8N4O8. The summed E-state index contributed by atoms with van der Waals surface area (Å²) in [5, 5.41) is 41.8. The first kappa shape index (κ1) is 18.2. The zero-order valence-electron chi connectivity index (χ0n) is 12.0. The van der Waals surface area contributed by atoms with Gasteiger partial charge in [-0.25, -0.2) is 4.79 Å². The van der Waals surface area contributed by atoms with E-state index in [0.717, 1.165) is 0 Å². The maximum atomic E-state index is 11.6. The van der Waals surface area contributed by atoms with Gasteiger partial charge in [-0.3, -0.25) is 30.3 Å².